The zero-order valence-electron chi connectivity index (χ0n) is 10.8. The van der Waals surface area contributed by atoms with Crippen molar-refractivity contribution in [2.45, 2.75) is 26.3 Å². The molecule has 5 heteroatoms. The summed E-state index contributed by atoms with van der Waals surface area (Å²) in [5.41, 5.74) is 8.20. The Balaban J connectivity index is 2.31. The topological polar surface area (TPSA) is 51.8 Å². The van der Waals surface area contributed by atoms with Crippen LogP contribution in [0.5, 0.6) is 0 Å². The molecule has 0 amide bonds. The van der Waals surface area contributed by atoms with Gasteiger partial charge in [0.2, 0.25) is 0 Å². The smallest absolute Gasteiger partial charge is 0.129 e. The Labute approximate surface area is 110 Å². The van der Waals surface area contributed by atoms with Gasteiger partial charge < -0.3 is 5.73 Å². The fraction of sp³-hybridized carbons (Fsp3) is 0.286. The summed E-state index contributed by atoms with van der Waals surface area (Å²) in [5, 5.41) is 7.88. The summed E-state index contributed by atoms with van der Waals surface area (Å²) < 4.78 is 27.2. The van der Waals surface area contributed by atoms with Gasteiger partial charge in [0.25, 0.3) is 0 Å². The molecular weight excluding hydrogens is 248 g/mol. The van der Waals surface area contributed by atoms with Gasteiger partial charge in [0, 0.05) is 11.6 Å². The highest BCUT2D eigenvalue weighted by Gasteiger charge is 2.16. The molecule has 2 N–H and O–H groups in total. The second kappa shape index (κ2) is 5.40. The van der Waals surface area contributed by atoms with Crippen LogP contribution in [0.4, 0.5) is 8.78 Å². The fourth-order valence-corrected chi connectivity index (χ4v) is 2.00. The molecule has 1 atom stereocenters. The highest BCUT2D eigenvalue weighted by molar-refractivity contribution is 5.27. The lowest BCUT2D eigenvalue weighted by atomic mass is 9.98. The summed E-state index contributed by atoms with van der Waals surface area (Å²) in [6.45, 7) is 3.58. The third kappa shape index (κ3) is 2.93. The molecule has 1 heterocycles. The van der Waals surface area contributed by atoms with Crippen molar-refractivity contribution in [1.29, 1.82) is 0 Å². The zero-order valence-corrected chi connectivity index (χ0v) is 10.8. The molecule has 1 aromatic heterocycles. The SMILES string of the molecule is Cc1cc(C(N)Cc2c(F)cccc2F)c(C)nn1. The minimum absolute atomic E-state index is 0.00358. The van der Waals surface area contributed by atoms with Crippen LogP contribution in [-0.4, -0.2) is 10.2 Å². The van der Waals surface area contributed by atoms with Gasteiger partial charge in [-0.25, -0.2) is 8.78 Å². The number of halogens is 2. The molecule has 2 aromatic rings. The third-order valence-electron chi connectivity index (χ3n) is 3.03. The lowest BCUT2D eigenvalue weighted by molar-refractivity contribution is 0.538. The molecule has 0 aliphatic heterocycles. The maximum absolute atomic E-state index is 13.6. The standard InChI is InChI=1S/C14H15F2N3/c1-8-6-10(9(2)19-18-8)14(17)7-11-12(15)4-3-5-13(11)16/h3-6,14H,7,17H2,1-2H3. The first-order valence-electron chi connectivity index (χ1n) is 5.98. The van der Waals surface area contributed by atoms with Crippen molar-refractivity contribution >= 4 is 0 Å². The molecule has 0 aliphatic carbocycles. The van der Waals surface area contributed by atoms with Crippen molar-refractivity contribution in [3.05, 3.63) is 58.4 Å². The largest absolute Gasteiger partial charge is 0.324 e. The van der Waals surface area contributed by atoms with Gasteiger partial charge in [-0.15, -0.1) is 0 Å². The summed E-state index contributed by atoms with van der Waals surface area (Å²) in [6, 6.07) is 5.08. The van der Waals surface area contributed by atoms with E-state index in [4.69, 9.17) is 5.73 Å². The minimum atomic E-state index is -0.577. The predicted molar refractivity (Wildman–Crippen MR) is 68.5 cm³/mol. The Morgan fingerprint density at radius 3 is 2.42 bits per heavy atom. The highest BCUT2D eigenvalue weighted by Crippen LogP contribution is 2.22. The van der Waals surface area contributed by atoms with Crippen LogP contribution in [0.15, 0.2) is 24.3 Å². The fourth-order valence-electron chi connectivity index (χ4n) is 2.00. The van der Waals surface area contributed by atoms with E-state index in [9.17, 15) is 8.78 Å². The van der Waals surface area contributed by atoms with Crippen LogP contribution in [-0.2, 0) is 6.42 Å². The molecule has 100 valence electrons. The Kier molecular flexibility index (Phi) is 3.85. The first kappa shape index (κ1) is 13.5. The van der Waals surface area contributed by atoms with Gasteiger partial charge in [0.15, 0.2) is 0 Å². The van der Waals surface area contributed by atoms with Crippen LogP contribution < -0.4 is 5.73 Å². The number of benzene rings is 1. The van der Waals surface area contributed by atoms with Crippen LogP contribution >= 0.6 is 0 Å². The molecule has 0 bridgehead atoms. The van der Waals surface area contributed by atoms with E-state index >= 15 is 0 Å². The summed E-state index contributed by atoms with van der Waals surface area (Å²) in [6.07, 6.45) is 0.0878. The second-order valence-corrected chi connectivity index (χ2v) is 4.54. The first-order valence-corrected chi connectivity index (χ1v) is 5.98. The molecule has 0 radical (unpaired) electrons. The van der Waals surface area contributed by atoms with Crippen LogP contribution in [0, 0.1) is 25.5 Å². The Bertz CT molecular complexity index is 579. The van der Waals surface area contributed by atoms with Gasteiger partial charge in [-0.05, 0) is 44.0 Å². The minimum Gasteiger partial charge on any atom is -0.324 e. The van der Waals surface area contributed by atoms with Crippen LogP contribution in [0.3, 0.4) is 0 Å². The summed E-state index contributed by atoms with van der Waals surface area (Å²) in [5.74, 6) is -1.15. The quantitative estimate of drug-likeness (QED) is 0.926. The number of hydrogen-bond acceptors (Lipinski definition) is 3. The molecule has 1 aromatic carbocycles. The maximum Gasteiger partial charge on any atom is 0.129 e. The first-order chi connectivity index (χ1) is 8.99. The van der Waals surface area contributed by atoms with Crippen molar-refractivity contribution in [2.75, 3.05) is 0 Å². The van der Waals surface area contributed by atoms with Crippen molar-refractivity contribution in [2.24, 2.45) is 5.73 Å². The molecule has 0 saturated carbocycles. The van der Waals surface area contributed by atoms with Gasteiger partial charge in [-0.1, -0.05) is 6.07 Å². The molecule has 0 fully saturated rings. The van der Waals surface area contributed by atoms with Crippen molar-refractivity contribution in [3.63, 3.8) is 0 Å². The van der Waals surface area contributed by atoms with E-state index in [1.54, 1.807) is 19.9 Å². The predicted octanol–water partition coefficient (Wildman–Crippen LogP) is 2.61. The average molecular weight is 263 g/mol. The monoisotopic (exact) mass is 263 g/mol. The lowest BCUT2D eigenvalue weighted by Crippen LogP contribution is -2.17. The van der Waals surface area contributed by atoms with Gasteiger partial charge in [0.05, 0.1) is 11.4 Å². The van der Waals surface area contributed by atoms with Gasteiger partial charge >= 0.3 is 0 Å². The molecule has 2 rings (SSSR count). The van der Waals surface area contributed by atoms with E-state index in [-0.39, 0.29) is 12.0 Å². The Hall–Kier alpha value is -1.88. The number of rotatable bonds is 3. The van der Waals surface area contributed by atoms with Crippen LogP contribution in [0.25, 0.3) is 0 Å². The van der Waals surface area contributed by atoms with E-state index in [2.05, 4.69) is 10.2 Å². The Morgan fingerprint density at radius 1 is 1.16 bits per heavy atom. The van der Waals surface area contributed by atoms with Crippen LogP contribution in [0.2, 0.25) is 0 Å². The van der Waals surface area contributed by atoms with Crippen molar-refractivity contribution in [3.8, 4) is 0 Å². The number of hydrogen-bond donors (Lipinski definition) is 1. The number of nitrogens with two attached hydrogens (primary N) is 1. The molecule has 3 nitrogen and oxygen atoms in total. The van der Waals surface area contributed by atoms with Crippen molar-refractivity contribution < 1.29 is 8.78 Å². The molecule has 0 saturated heterocycles. The zero-order chi connectivity index (χ0) is 14.0. The lowest BCUT2D eigenvalue weighted by Gasteiger charge is -2.15. The van der Waals surface area contributed by atoms with Gasteiger partial charge in [0.1, 0.15) is 11.6 Å². The second-order valence-electron chi connectivity index (χ2n) is 4.54. The number of aromatic nitrogens is 2. The maximum atomic E-state index is 13.6. The van der Waals surface area contributed by atoms with Gasteiger partial charge in [-0.3, -0.25) is 0 Å². The summed E-state index contributed by atoms with van der Waals surface area (Å²) in [7, 11) is 0. The number of aryl methyl sites for hydroxylation is 2. The van der Waals surface area contributed by atoms with E-state index in [1.165, 1.54) is 18.2 Å². The van der Waals surface area contributed by atoms with Gasteiger partial charge in [-0.2, -0.15) is 10.2 Å². The molecule has 0 aliphatic rings. The molecule has 0 spiro atoms. The van der Waals surface area contributed by atoms with E-state index in [0.29, 0.717) is 5.69 Å². The van der Waals surface area contributed by atoms with E-state index in [1.807, 2.05) is 0 Å². The third-order valence-corrected chi connectivity index (χ3v) is 3.03. The summed E-state index contributed by atoms with van der Waals surface area (Å²) in [4.78, 5) is 0. The molecular formula is C14H15F2N3. The Morgan fingerprint density at radius 2 is 1.79 bits per heavy atom. The normalized spacial score (nSPS) is 12.5. The molecule has 1 unspecified atom stereocenters. The highest BCUT2D eigenvalue weighted by atomic mass is 19.1. The van der Waals surface area contributed by atoms with Crippen molar-refractivity contribution in [1.82, 2.24) is 10.2 Å². The number of nitrogens with zero attached hydrogens (tertiary/aromatic N) is 2. The molecule has 19 heavy (non-hydrogen) atoms. The van der Waals surface area contributed by atoms with E-state index in [0.717, 1.165) is 11.3 Å². The van der Waals surface area contributed by atoms with E-state index < -0.39 is 17.7 Å². The summed E-state index contributed by atoms with van der Waals surface area (Å²) >= 11 is 0. The van der Waals surface area contributed by atoms with Crippen LogP contribution in [0.1, 0.15) is 28.6 Å². The average Bonchev–Trinajstić information content (AvgIpc) is 2.37.